The molecule has 0 unspecified atom stereocenters. The minimum Gasteiger partial charge on any atom is -0.493 e. The van der Waals surface area contributed by atoms with Gasteiger partial charge in [0, 0.05) is 28.9 Å². The van der Waals surface area contributed by atoms with E-state index in [1.807, 2.05) is 54.7 Å². The van der Waals surface area contributed by atoms with Crippen LogP contribution in [0.25, 0.3) is 5.69 Å². The van der Waals surface area contributed by atoms with Gasteiger partial charge in [-0.2, -0.15) is 0 Å². The van der Waals surface area contributed by atoms with Gasteiger partial charge < -0.3 is 23.5 Å². The van der Waals surface area contributed by atoms with Crippen molar-refractivity contribution in [3.63, 3.8) is 0 Å². The third kappa shape index (κ3) is 5.61. The molecule has 204 valence electrons. The number of aromatic nitrogens is 5. The minimum atomic E-state index is -0.500. The average Bonchev–Trinajstić information content (AvgIpc) is 3.59. The molecule has 0 aliphatic carbocycles. The van der Waals surface area contributed by atoms with E-state index in [4.69, 9.17) is 30.5 Å². The molecule has 2 atom stereocenters. The third-order valence-electron chi connectivity index (χ3n) is 6.38. The monoisotopic (exact) mass is 569 g/mol. The number of rotatable bonds is 10. The fourth-order valence-electron chi connectivity index (χ4n) is 4.72. The van der Waals surface area contributed by atoms with Crippen LogP contribution in [0.5, 0.6) is 11.5 Å². The molecule has 10 nitrogen and oxygen atoms in total. The molecule has 2 aromatic heterocycles. The van der Waals surface area contributed by atoms with Gasteiger partial charge in [0.2, 0.25) is 5.16 Å². The molecular formula is C27H28ClN5O5S. The number of esters is 1. The summed E-state index contributed by atoms with van der Waals surface area (Å²) in [6.07, 6.45) is 1.74. The maximum absolute atomic E-state index is 11.8. The molecular weight excluding hydrogens is 542 g/mol. The number of ether oxygens (including phenoxy) is 4. The molecule has 0 bridgehead atoms. The van der Waals surface area contributed by atoms with Gasteiger partial charge >= 0.3 is 5.97 Å². The van der Waals surface area contributed by atoms with Crippen LogP contribution in [0.2, 0.25) is 5.02 Å². The first-order valence-electron chi connectivity index (χ1n) is 12.4. The fourth-order valence-corrected chi connectivity index (χ4v) is 5.60. The van der Waals surface area contributed by atoms with Crippen molar-refractivity contribution in [1.29, 1.82) is 0 Å². The molecule has 2 aromatic carbocycles. The van der Waals surface area contributed by atoms with Crippen LogP contribution in [0.4, 0.5) is 0 Å². The maximum Gasteiger partial charge on any atom is 0.316 e. The van der Waals surface area contributed by atoms with Crippen molar-refractivity contribution in [2.75, 3.05) is 26.6 Å². The number of halogens is 1. The summed E-state index contributed by atoms with van der Waals surface area (Å²) in [5.41, 5.74) is 3.67. The molecule has 0 saturated heterocycles. The fraction of sp³-hybridized carbons (Fsp3) is 0.333. The van der Waals surface area contributed by atoms with Crippen LogP contribution in [0, 0.1) is 0 Å². The number of carbonyl (C=O) groups excluding carboxylic acids is 1. The Morgan fingerprint density at radius 3 is 2.79 bits per heavy atom. The zero-order valence-electron chi connectivity index (χ0n) is 21.7. The summed E-state index contributed by atoms with van der Waals surface area (Å²) in [5.74, 6) is 1.03. The van der Waals surface area contributed by atoms with Crippen LogP contribution < -0.4 is 9.47 Å². The van der Waals surface area contributed by atoms with Crippen LogP contribution >= 0.6 is 23.4 Å². The van der Waals surface area contributed by atoms with E-state index in [9.17, 15) is 4.79 Å². The number of aryl methyl sites for hydroxylation is 1. The van der Waals surface area contributed by atoms with Gasteiger partial charge in [0.25, 0.3) is 0 Å². The van der Waals surface area contributed by atoms with Gasteiger partial charge in [0.15, 0.2) is 11.5 Å². The highest BCUT2D eigenvalue weighted by atomic mass is 35.5. The van der Waals surface area contributed by atoms with Gasteiger partial charge in [0.1, 0.15) is 12.2 Å². The van der Waals surface area contributed by atoms with Crippen LogP contribution in [-0.4, -0.2) is 57.3 Å². The normalized spacial score (nSPS) is 16.2. The smallest absolute Gasteiger partial charge is 0.316 e. The molecule has 0 amide bonds. The average molecular weight is 570 g/mol. The molecule has 0 spiro atoms. The Labute approximate surface area is 235 Å². The van der Waals surface area contributed by atoms with Crippen molar-refractivity contribution in [1.82, 2.24) is 24.8 Å². The lowest BCUT2D eigenvalue weighted by Gasteiger charge is -2.25. The summed E-state index contributed by atoms with van der Waals surface area (Å²) < 4.78 is 27.1. The van der Waals surface area contributed by atoms with Crippen molar-refractivity contribution in [2.45, 2.75) is 37.3 Å². The Hall–Kier alpha value is -3.54. The molecule has 12 heteroatoms. The van der Waals surface area contributed by atoms with Crippen molar-refractivity contribution >= 4 is 29.3 Å². The lowest BCUT2D eigenvalue weighted by atomic mass is 9.98. The third-order valence-corrected chi connectivity index (χ3v) is 7.55. The van der Waals surface area contributed by atoms with E-state index in [1.54, 1.807) is 25.8 Å². The summed E-state index contributed by atoms with van der Waals surface area (Å²) in [5, 5.41) is 13.2. The van der Waals surface area contributed by atoms with E-state index < -0.39 is 6.10 Å². The second-order valence-electron chi connectivity index (χ2n) is 8.66. The highest BCUT2D eigenvalue weighted by molar-refractivity contribution is 7.99. The number of nitrogens with zero attached hydrogens (tertiary/aromatic N) is 5. The van der Waals surface area contributed by atoms with E-state index >= 15 is 0 Å². The zero-order chi connectivity index (χ0) is 27.4. The number of carbonyl (C=O) groups is 1. The standard InChI is InChI=1S/C27H28ClN5O5S/c1-4-37-24(34)16-39-27-29-30-31-33(27)14-12-22-21-8-6-13-32(21)20-11-10-17(28)15-19(20)25(38-22)18-7-5-9-23(35-2)26(18)36-3/h5-11,13,15,22,25H,4,12,14,16H2,1-3H3/t22-,25-/m1/s1. The second-order valence-corrected chi connectivity index (χ2v) is 10.0. The van der Waals surface area contributed by atoms with Crippen LogP contribution in [0.1, 0.15) is 42.4 Å². The summed E-state index contributed by atoms with van der Waals surface area (Å²) >= 11 is 7.73. The number of fused-ring (bicyclic) bond motifs is 3. The molecule has 1 aliphatic rings. The zero-order valence-corrected chi connectivity index (χ0v) is 23.3. The number of thioether (sulfide) groups is 1. The Balaban J connectivity index is 1.49. The lowest BCUT2D eigenvalue weighted by molar-refractivity contribution is -0.139. The van der Waals surface area contributed by atoms with Gasteiger partial charge in [-0.15, -0.1) is 5.10 Å². The van der Waals surface area contributed by atoms with Crippen molar-refractivity contribution < 1.29 is 23.7 Å². The second kappa shape index (κ2) is 12.1. The van der Waals surface area contributed by atoms with E-state index in [2.05, 4.69) is 20.1 Å². The molecule has 3 heterocycles. The number of methoxy groups -OCH3 is 2. The molecule has 39 heavy (non-hydrogen) atoms. The van der Waals surface area contributed by atoms with Crippen LogP contribution in [0.3, 0.4) is 0 Å². The van der Waals surface area contributed by atoms with Crippen molar-refractivity contribution in [3.8, 4) is 17.2 Å². The molecule has 5 rings (SSSR count). The van der Waals surface area contributed by atoms with Crippen LogP contribution in [-0.2, 0) is 20.8 Å². The van der Waals surface area contributed by atoms with Gasteiger partial charge in [-0.25, -0.2) is 4.68 Å². The minimum absolute atomic E-state index is 0.130. The van der Waals surface area contributed by atoms with E-state index in [0.717, 1.165) is 22.5 Å². The van der Waals surface area contributed by atoms with Crippen LogP contribution in [0.15, 0.2) is 59.9 Å². The lowest BCUT2D eigenvalue weighted by Crippen LogP contribution is -2.15. The Kier molecular flexibility index (Phi) is 8.39. The Bertz CT molecular complexity index is 1460. The summed E-state index contributed by atoms with van der Waals surface area (Å²) in [7, 11) is 3.23. The highest BCUT2D eigenvalue weighted by Crippen LogP contribution is 2.46. The maximum atomic E-state index is 11.8. The van der Waals surface area contributed by atoms with Crippen molar-refractivity contribution in [3.05, 3.63) is 76.6 Å². The first-order valence-corrected chi connectivity index (χ1v) is 13.8. The molecule has 1 aliphatic heterocycles. The Morgan fingerprint density at radius 2 is 2.00 bits per heavy atom. The highest BCUT2D eigenvalue weighted by Gasteiger charge is 2.33. The number of hydrogen-bond acceptors (Lipinski definition) is 9. The quantitative estimate of drug-likeness (QED) is 0.192. The van der Waals surface area contributed by atoms with Gasteiger partial charge in [-0.05, 0) is 60.2 Å². The first kappa shape index (κ1) is 27.0. The Morgan fingerprint density at radius 1 is 1.13 bits per heavy atom. The number of tetrazole rings is 1. The molecule has 0 radical (unpaired) electrons. The van der Waals surface area contributed by atoms with E-state index in [-0.39, 0.29) is 17.8 Å². The molecule has 0 saturated carbocycles. The summed E-state index contributed by atoms with van der Waals surface area (Å²) in [6.45, 7) is 2.57. The number of para-hydroxylation sites is 1. The molecule has 0 fully saturated rings. The summed E-state index contributed by atoms with van der Waals surface area (Å²) in [6, 6.07) is 15.6. The SMILES string of the molecule is CCOC(=O)CSc1nnnn1CC[C@H]1O[C@H](c2cccc(OC)c2OC)c2cc(Cl)ccc2-n2cccc21. The van der Waals surface area contributed by atoms with Gasteiger partial charge in [0.05, 0.1) is 38.0 Å². The van der Waals surface area contributed by atoms with Crippen molar-refractivity contribution in [2.24, 2.45) is 0 Å². The van der Waals surface area contributed by atoms with Gasteiger partial charge in [-0.3, -0.25) is 4.79 Å². The van der Waals surface area contributed by atoms with E-state index in [0.29, 0.717) is 41.3 Å². The molecule has 4 aromatic rings. The van der Waals surface area contributed by atoms with E-state index in [1.165, 1.54) is 11.8 Å². The predicted molar refractivity (Wildman–Crippen MR) is 146 cm³/mol. The number of hydrogen-bond donors (Lipinski definition) is 0. The largest absolute Gasteiger partial charge is 0.493 e. The van der Waals surface area contributed by atoms with Gasteiger partial charge in [-0.1, -0.05) is 35.5 Å². The first-order chi connectivity index (χ1) is 19.0. The predicted octanol–water partition coefficient (Wildman–Crippen LogP) is 5.04. The topological polar surface area (TPSA) is 103 Å². The number of benzene rings is 2. The molecule has 0 N–H and O–H groups in total. The summed E-state index contributed by atoms with van der Waals surface area (Å²) in [4.78, 5) is 11.8.